The van der Waals surface area contributed by atoms with Gasteiger partial charge in [0.15, 0.2) is 21.9 Å². The molecule has 0 aromatic carbocycles. The van der Waals surface area contributed by atoms with E-state index in [-0.39, 0.29) is 16.1 Å². The summed E-state index contributed by atoms with van der Waals surface area (Å²) in [6.07, 6.45) is 0. The van der Waals surface area contributed by atoms with Gasteiger partial charge in [-0.1, -0.05) is 23.2 Å². The third-order valence-corrected chi connectivity index (χ3v) is 2.31. The van der Waals surface area contributed by atoms with Crippen LogP contribution < -0.4 is 0 Å². The molecule has 0 radical (unpaired) electrons. The van der Waals surface area contributed by atoms with E-state index in [4.69, 9.17) is 27.9 Å². The molecule has 0 N–H and O–H groups in total. The van der Waals surface area contributed by atoms with E-state index in [0.29, 0.717) is 6.61 Å². The summed E-state index contributed by atoms with van der Waals surface area (Å²) in [6, 6.07) is 0. The van der Waals surface area contributed by atoms with E-state index >= 15 is 0 Å². The Morgan fingerprint density at radius 1 is 1.27 bits per heavy atom. The molecule has 3 nitrogen and oxygen atoms in total. The normalized spacial score (nSPS) is 11.9. The Labute approximate surface area is 97.6 Å². The van der Waals surface area contributed by atoms with E-state index in [1.54, 1.807) is 13.8 Å². The summed E-state index contributed by atoms with van der Waals surface area (Å²) >= 11 is 11.1. The molecular weight excluding hydrogens is 242 g/mol. The van der Waals surface area contributed by atoms with Crippen LogP contribution >= 0.6 is 23.2 Å². The molecule has 0 saturated heterocycles. The molecule has 15 heavy (non-hydrogen) atoms. The van der Waals surface area contributed by atoms with E-state index in [2.05, 4.69) is 9.97 Å². The summed E-state index contributed by atoms with van der Waals surface area (Å²) in [5.74, 6) is -0.546. The fourth-order valence-electron chi connectivity index (χ4n) is 1.09. The summed E-state index contributed by atoms with van der Waals surface area (Å²) < 4.78 is 18.5. The molecule has 0 spiro atoms. The van der Waals surface area contributed by atoms with E-state index in [0.717, 1.165) is 0 Å². The highest BCUT2D eigenvalue weighted by Crippen LogP contribution is 2.26. The van der Waals surface area contributed by atoms with Gasteiger partial charge in [-0.05, 0) is 20.8 Å². The van der Waals surface area contributed by atoms with Gasteiger partial charge < -0.3 is 4.74 Å². The average molecular weight is 253 g/mol. The van der Waals surface area contributed by atoms with Crippen molar-refractivity contribution in [2.45, 2.75) is 26.4 Å². The molecule has 0 amide bonds. The van der Waals surface area contributed by atoms with Gasteiger partial charge in [-0.15, -0.1) is 0 Å². The van der Waals surface area contributed by atoms with Crippen LogP contribution in [0.5, 0.6) is 0 Å². The van der Waals surface area contributed by atoms with Crippen molar-refractivity contribution in [1.29, 1.82) is 0 Å². The van der Waals surface area contributed by atoms with Crippen molar-refractivity contribution in [2.24, 2.45) is 0 Å². The van der Waals surface area contributed by atoms with Crippen LogP contribution in [0.15, 0.2) is 0 Å². The van der Waals surface area contributed by atoms with Gasteiger partial charge in [0.2, 0.25) is 0 Å². The molecule has 1 heterocycles. The fourth-order valence-corrected chi connectivity index (χ4v) is 1.48. The van der Waals surface area contributed by atoms with Crippen LogP contribution in [0.3, 0.4) is 0 Å². The minimum absolute atomic E-state index is 0.265. The van der Waals surface area contributed by atoms with Crippen LogP contribution in [-0.2, 0) is 10.3 Å². The minimum Gasteiger partial charge on any atom is -0.368 e. The molecule has 1 aromatic heterocycles. The largest absolute Gasteiger partial charge is 0.368 e. The first-order valence-corrected chi connectivity index (χ1v) is 5.17. The van der Waals surface area contributed by atoms with Crippen LogP contribution in [0.2, 0.25) is 10.3 Å². The maximum Gasteiger partial charge on any atom is 0.197 e. The van der Waals surface area contributed by atoms with Gasteiger partial charge in [0.25, 0.3) is 0 Å². The standard InChI is InChI=1S/C9H11Cl2FN2O/c1-4-15-9(2,3)8-13-6(10)5(12)7(11)14-8/h4H2,1-3H3. The predicted molar refractivity (Wildman–Crippen MR) is 56.7 cm³/mol. The zero-order valence-electron chi connectivity index (χ0n) is 8.64. The van der Waals surface area contributed by atoms with Crippen molar-refractivity contribution >= 4 is 23.2 Å². The summed E-state index contributed by atoms with van der Waals surface area (Å²) in [5.41, 5.74) is -0.740. The first-order valence-electron chi connectivity index (χ1n) is 4.41. The third kappa shape index (κ3) is 2.77. The molecule has 0 bridgehead atoms. The predicted octanol–water partition coefficient (Wildman–Crippen LogP) is 3.19. The molecule has 0 aliphatic rings. The van der Waals surface area contributed by atoms with Crippen LogP contribution in [0, 0.1) is 5.82 Å². The van der Waals surface area contributed by atoms with Crippen LogP contribution in [0.1, 0.15) is 26.6 Å². The van der Waals surface area contributed by atoms with Crippen molar-refractivity contribution < 1.29 is 9.13 Å². The Hall–Kier alpha value is -0.450. The number of hydrogen-bond acceptors (Lipinski definition) is 3. The molecule has 6 heteroatoms. The van der Waals surface area contributed by atoms with Crippen molar-refractivity contribution in [3.63, 3.8) is 0 Å². The van der Waals surface area contributed by atoms with E-state index in [1.165, 1.54) is 0 Å². The van der Waals surface area contributed by atoms with Gasteiger partial charge in [-0.3, -0.25) is 0 Å². The Morgan fingerprint density at radius 3 is 2.13 bits per heavy atom. The fraction of sp³-hybridized carbons (Fsp3) is 0.556. The van der Waals surface area contributed by atoms with E-state index in [1.807, 2.05) is 6.92 Å². The Morgan fingerprint density at radius 2 is 1.73 bits per heavy atom. The quantitative estimate of drug-likeness (QED) is 0.776. The highest BCUT2D eigenvalue weighted by molar-refractivity contribution is 6.33. The number of rotatable bonds is 3. The zero-order chi connectivity index (χ0) is 11.6. The maximum absolute atomic E-state index is 13.1. The second kappa shape index (κ2) is 4.60. The van der Waals surface area contributed by atoms with Gasteiger partial charge in [0.1, 0.15) is 5.60 Å². The maximum atomic E-state index is 13.1. The van der Waals surface area contributed by atoms with Gasteiger partial charge >= 0.3 is 0 Å². The molecular formula is C9H11Cl2FN2O. The Balaban J connectivity index is 3.16. The molecule has 1 aromatic rings. The Bertz CT molecular complexity index is 348. The first kappa shape index (κ1) is 12.6. The Kier molecular flexibility index (Phi) is 3.87. The summed E-state index contributed by atoms with van der Waals surface area (Å²) in [4.78, 5) is 7.59. The van der Waals surface area contributed by atoms with E-state index in [9.17, 15) is 4.39 Å². The van der Waals surface area contributed by atoms with Crippen LogP contribution in [0.4, 0.5) is 4.39 Å². The highest BCUT2D eigenvalue weighted by Gasteiger charge is 2.26. The lowest BCUT2D eigenvalue weighted by Gasteiger charge is -2.22. The van der Waals surface area contributed by atoms with Crippen molar-refractivity contribution in [2.75, 3.05) is 6.61 Å². The molecule has 0 aliphatic carbocycles. The molecule has 84 valence electrons. The number of nitrogens with zero attached hydrogens (tertiary/aromatic N) is 2. The van der Waals surface area contributed by atoms with Gasteiger partial charge in [0.05, 0.1) is 0 Å². The smallest absolute Gasteiger partial charge is 0.197 e. The SMILES string of the molecule is CCOC(C)(C)c1nc(Cl)c(F)c(Cl)n1. The zero-order valence-corrected chi connectivity index (χ0v) is 10.2. The summed E-state index contributed by atoms with van der Waals surface area (Å²) in [7, 11) is 0. The van der Waals surface area contributed by atoms with Gasteiger partial charge in [-0.2, -0.15) is 0 Å². The number of aromatic nitrogens is 2. The lowest BCUT2D eigenvalue weighted by molar-refractivity contribution is -0.0209. The lowest BCUT2D eigenvalue weighted by Crippen LogP contribution is -2.25. The number of ether oxygens (including phenoxy) is 1. The average Bonchev–Trinajstić information content (AvgIpc) is 2.13. The third-order valence-electron chi connectivity index (χ3n) is 1.81. The van der Waals surface area contributed by atoms with Gasteiger partial charge in [-0.25, -0.2) is 14.4 Å². The molecule has 1 rings (SSSR count). The number of hydrogen-bond donors (Lipinski definition) is 0. The van der Waals surface area contributed by atoms with Gasteiger partial charge in [0, 0.05) is 6.61 Å². The van der Waals surface area contributed by atoms with Crippen LogP contribution in [0.25, 0.3) is 0 Å². The molecule has 0 atom stereocenters. The summed E-state index contributed by atoms with van der Waals surface area (Å²) in [6.45, 7) is 5.85. The molecule has 0 unspecified atom stereocenters. The van der Waals surface area contributed by atoms with Crippen LogP contribution in [-0.4, -0.2) is 16.6 Å². The molecule has 0 saturated carbocycles. The summed E-state index contributed by atoms with van der Waals surface area (Å²) in [5, 5.41) is -0.587. The molecule has 0 aliphatic heterocycles. The minimum atomic E-state index is -0.811. The van der Waals surface area contributed by atoms with Crippen molar-refractivity contribution in [3.8, 4) is 0 Å². The van der Waals surface area contributed by atoms with Crippen molar-refractivity contribution in [1.82, 2.24) is 9.97 Å². The number of halogens is 3. The topological polar surface area (TPSA) is 35.0 Å². The monoisotopic (exact) mass is 252 g/mol. The highest BCUT2D eigenvalue weighted by atomic mass is 35.5. The second-order valence-electron chi connectivity index (χ2n) is 3.39. The molecule has 0 fully saturated rings. The first-order chi connectivity index (χ1) is 6.88. The van der Waals surface area contributed by atoms with E-state index < -0.39 is 11.4 Å². The lowest BCUT2D eigenvalue weighted by atomic mass is 10.1. The van der Waals surface area contributed by atoms with Crippen molar-refractivity contribution in [3.05, 3.63) is 21.9 Å². The second-order valence-corrected chi connectivity index (χ2v) is 4.10.